The number of ether oxygens (including phenoxy) is 1. The molecule has 2 aromatic rings. The zero-order chi connectivity index (χ0) is 17.2. The molecule has 1 fully saturated rings. The van der Waals surface area contributed by atoms with E-state index in [0.29, 0.717) is 24.8 Å². The Labute approximate surface area is 137 Å². The topological polar surface area (TPSA) is 54.0 Å². The average Bonchev–Trinajstić information content (AvgIpc) is 3.06. The van der Waals surface area contributed by atoms with Gasteiger partial charge in [-0.15, -0.1) is 0 Å². The third kappa shape index (κ3) is 3.69. The monoisotopic (exact) mass is 340 g/mol. The van der Waals surface area contributed by atoms with Gasteiger partial charge in [0.1, 0.15) is 11.5 Å². The van der Waals surface area contributed by atoms with Crippen molar-refractivity contribution in [2.45, 2.75) is 31.5 Å². The summed E-state index contributed by atoms with van der Waals surface area (Å²) in [5.41, 5.74) is 0.180. The van der Waals surface area contributed by atoms with Crippen LogP contribution in [-0.2, 0) is 12.7 Å². The largest absolute Gasteiger partial charge is 0.481 e. The molecule has 1 N–H and O–H groups in total. The summed E-state index contributed by atoms with van der Waals surface area (Å²) in [5, 5.41) is 0. The van der Waals surface area contributed by atoms with E-state index < -0.39 is 11.9 Å². The molecule has 2 aromatic heterocycles. The predicted octanol–water partition coefficient (Wildman–Crippen LogP) is 3.21. The fraction of sp³-hybridized carbons (Fsp3) is 0.500. The van der Waals surface area contributed by atoms with Crippen LogP contribution in [0.2, 0.25) is 0 Å². The molecule has 0 aromatic carbocycles. The SMILES string of the molecule is COc1ncccc1CN1CCC[C@H](c2ncc(C(F)(F)F)[nH]2)C1. The highest BCUT2D eigenvalue weighted by molar-refractivity contribution is 5.25. The molecule has 8 heteroatoms. The van der Waals surface area contributed by atoms with E-state index in [1.54, 1.807) is 13.3 Å². The number of nitrogens with zero attached hydrogens (tertiary/aromatic N) is 3. The van der Waals surface area contributed by atoms with E-state index in [4.69, 9.17) is 4.74 Å². The standard InChI is InChI=1S/C16H19F3N4O/c1-24-15-12(4-2-6-20-15)10-23-7-3-5-11(9-23)14-21-8-13(22-14)16(17,18)19/h2,4,6,8,11H,3,5,7,9-10H2,1H3,(H,21,22)/t11-/m0/s1. The second kappa shape index (κ2) is 6.80. The molecule has 24 heavy (non-hydrogen) atoms. The number of rotatable bonds is 4. The first-order valence-electron chi connectivity index (χ1n) is 7.79. The zero-order valence-electron chi connectivity index (χ0n) is 13.3. The van der Waals surface area contributed by atoms with Gasteiger partial charge in [-0.2, -0.15) is 13.2 Å². The number of pyridine rings is 1. The van der Waals surface area contributed by atoms with Crippen LogP contribution < -0.4 is 4.74 Å². The summed E-state index contributed by atoms with van der Waals surface area (Å²) in [6, 6.07) is 3.80. The van der Waals surface area contributed by atoms with Crippen LogP contribution in [0.4, 0.5) is 13.2 Å². The lowest BCUT2D eigenvalue weighted by Crippen LogP contribution is -2.34. The summed E-state index contributed by atoms with van der Waals surface area (Å²) in [4.78, 5) is 12.7. The van der Waals surface area contributed by atoms with Gasteiger partial charge in [-0.1, -0.05) is 6.07 Å². The van der Waals surface area contributed by atoms with Gasteiger partial charge in [0, 0.05) is 30.8 Å². The van der Waals surface area contributed by atoms with E-state index in [9.17, 15) is 13.2 Å². The van der Waals surface area contributed by atoms with Gasteiger partial charge in [0.05, 0.1) is 13.3 Å². The molecule has 0 aliphatic carbocycles. The number of piperidine rings is 1. The van der Waals surface area contributed by atoms with E-state index in [0.717, 1.165) is 31.1 Å². The minimum atomic E-state index is -4.39. The van der Waals surface area contributed by atoms with Gasteiger partial charge in [0.25, 0.3) is 0 Å². The Bertz CT molecular complexity index is 686. The Kier molecular flexibility index (Phi) is 4.75. The third-order valence-electron chi connectivity index (χ3n) is 4.23. The molecule has 0 radical (unpaired) electrons. The number of alkyl halides is 3. The van der Waals surface area contributed by atoms with Crippen LogP contribution in [0.15, 0.2) is 24.5 Å². The highest BCUT2D eigenvalue weighted by Crippen LogP contribution is 2.31. The van der Waals surface area contributed by atoms with Crippen LogP contribution in [-0.4, -0.2) is 40.1 Å². The second-order valence-corrected chi connectivity index (χ2v) is 5.93. The van der Waals surface area contributed by atoms with Gasteiger partial charge in [0.2, 0.25) is 5.88 Å². The molecule has 1 aliphatic heterocycles. The Morgan fingerprint density at radius 3 is 2.92 bits per heavy atom. The van der Waals surface area contributed by atoms with Gasteiger partial charge in [0.15, 0.2) is 0 Å². The first-order valence-corrected chi connectivity index (χ1v) is 7.79. The summed E-state index contributed by atoms with van der Waals surface area (Å²) in [6.45, 7) is 2.20. The summed E-state index contributed by atoms with van der Waals surface area (Å²) < 4.78 is 43.4. The quantitative estimate of drug-likeness (QED) is 0.929. The number of methoxy groups -OCH3 is 1. The number of aromatic amines is 1. The molecular formula is C16H19F3N4O. The van der Waals surface area contributed by atoms with Crippen LogP contribution in [0.5, 0.6) is 5.88 Å². The van der Waals surface area contributed by atoms with Gasteiger partial charge < -0.3 is 9.72 Å². The third-order valence-corrected chi connectivity index (χ3v) is 4.23. The number of H-pyrrole nitrogens is 1. The second-order valence-electron chi connectivity index (χ2n) is 5.93. The number of likely N-dealkylation sites (tertiary alicyclic amines) is 1. The lowest BCUT2D eigenvalue weighted by atomic mass is 9.97. The smallest absolute Gasteiger partial charge is 0.432 e. The molecule has 3 rings (SSSR count). The zero-order valence-corrected chi connectivity index (χ0v) is 13.3. The maximum absolute atomic E-state index is 12.7. The highest BCUT2D eigenvalue weighted by Gasteiger charge is 2.34. The molecule has 0 saturated carbocycles. The average molecular weight is 340 g/mol. The number of aromatic nitrogens is 3. The Morgan fingerprint density at radius 1 is 1.38 bits per heavy atom. The normalized spacial score (nSPS) is 19.4. The van der Waals surface area contributed by atoms with E-state index in [-0.39, 0.29) is 5.92 Å². The van der Waals surface area contributed by atoms with Crippen molar-refractivity contribution in [2.75, 3.05) is 20.2 Å². The molecular weight excluding hydrogens is 321 g/mol. The maximum Gasteiger partial charge on any atom is 0.432 e. The van der Waals surface area contributed by atoms with Crippen LogP contribution >= 0.6 is 0 Å². The molecule has 3 heterocycles. The molecule has 0 spiro atoms. The summed E-state index contributed by atoms with van der Waals surface area (Å²) >= 11 is 0. The van der Waals surface area contributed by atoms with Crippen molar-refractivity contribution in [1.29, 1.82) is 0 Å². The minimum absolute atomic E-state index is 0.0301. The van der Waals surface area contributed by atoms with E-state index in [1.165, 1.54) is 0 Å². The van der Waals surface area contributed by atoms with Crippen molar-refractivity contribution in [3.63, 3.8) is 0 Å². The fourth-order valence-electron chi connectivity index (χ4n) is 3.08. The van der Waals surface area contributed by atoms with Gasteiger partial charge >= 0.3 is 6.18 Å². The summed E-state index contributed by atoms with van der Waals surface area (Å²) in [6.07, 6.45) is -0.106. The first kappa shape index (κ1) is 16.8. The fourth-order valence-corrected chi connectivity index (χ4v) is 3.08. The molecule has 0 amide bonds. The van der Waals surface area contributed by atoms with Crippen LogP contribution in [0, 0.1) is 0 Å². The Morgan fingerprint density at radius 2 is 2.21 bits per heavy atom. The number of nitrogens with one attached hydrogen (secondary N) is 1. The van der Waals surface area contributed by atoms with Crippen molar-refractivity contribution in [3.05, 3.63) is 41.6 Å². The Balaban J connectivity index is 1.69. The molecule has 1 saturated heterocycles. The van der Waals surface area contributed by atoms with Crippen LogP contribution in [0.1, 0.15) is 35.8 Å². The van der Waals surface area contributed by atoms with Gasteiger partial charge in [-0.3, -0.25) is 4.90 Å². The van der Waals surface area contributed by atoms with Gasteiger partial charge in [-0.05, 0) is 25.5 Å². The van der Waals surface area contributed by atoms with Crippen LogP contribution in [0.3, 0.4) is 0 Å². The van der Waals surface area contributed by atoms with Crippen molar-refractivity contribution in [2.24, 2.45) is 0 Å². The summed E-state index contributed by atoms with van der Waals surface area (Å²) in [7, 11) is 1.58. The lowest BCUT2D eigenvalue weighted by Gasteiger charge is -2.32. The number of halogens is 3. The van der Waals surface area contributed by atoms with Crippen LogP contribution in [0.25, 0.3) is 0 Å². The molecule has 130 valence electrons. The number of hydrogen-bond acceptors (Lipinski definition) is 4. The first-order chi connectivity index (χ1) is 11.5. The molecule has 0 unspecified atom stereocenters. The predicted molar refractivity (Wildman–Crippen MR) is 81.6 cm³/mol. The molecule has 5 nitrogen and oxygen atoms in total. The van der Waals surface area contributed by atoms with E-state index in [2.05, 4.69) is 19.9 Å². The maximum atomic E-state index is 12.7. The van der Waals surface area contributed by atoms with Crippen molar-refractivity contribution >= 4 is 0 Å². The Hall–Kier alpha value is -2.09. The molecule has 0 bridgehead atoms. The van der Waals surface area contributed by atoms with Crippen molar-refractivity contribution < 1.29 is 17.9 Å². The van der Waals surface area contributed by atoms with E-state index in [1.807, 2.05) is 12.1 Å². The van der Waals surface area contributed by atoms with Crippen molar-refractivity contribution in [1.82, 2.24) is 19.9 Å². The van der Waals surface area contributed by atoms with Gasteiger partial charge in [-0.25, -0.2) is 9.97 Å². The number of hydrogen-bond donors (Lipinski definition) is 1. The van der Waals surface area contributed by atoms with Crippen molar-refractivity contribution in [3.8, 4) is 5.88 Å². The lowest BCUT2D eigenvalue weighted by molar-refractivity contribution is -0.141. The summed E-state index contributed by atoms with van der Waals surface area (Å²) in [5.74, 6) is 0.958. The number of imidazole rings is 1. The molecule has 1 atom stereocenters. The highest BCUT2D eigenvalue weighted by atomic mass is 19.4. The van der Waals surface area contributed by atoms with E-state index >= 15 is 0 Å². The molecule has 1 aliphatic rings. The minimum Gasteiger partial charge on any atom is -0.481 e.